The van der Waals surface area contributed by atoms with E-state index in [0.717, 1.165) is 10.6 Å². The van der Waals surface area contributed by atoms with Crippen molar-refractivity contribution < 1.29 is 4.79 Å². The molecule has 0 bridgehead atoms. The van der Waals surface area contributed by atoms with Crippen LogP contribution in [-0.4, -0.2) is 26.0 Å². The van der Waals surface area contributed by atoms with Gasteiger partial charge in [0, 0.05) is 18.1 Å². The van der Waals surface area contributed by atoms with Crippen LogP contribution in [0.25, 0.3) is 11.4 Å². The summed E-state index contributed by atoms with van der Waals surface area (Å²) in [7, 11) is 1.84. The number of urea groups is 1. The lowest BCUT2D eigenvalue weighted by molar-refractivity contribution is 0.242. The maximum absolute atomic E-state index is 12.2. The summed E-state index contributed by atoms with van der Waals surface area (Å²) in [5.74, 6) is 0.389. The number of carbonyl (C=O) groups excluding carboxylic acids is 1. The Morgan fingerprint density at radius 1 is 1.21 bits per heavy atom. The van der Waals surface area contributed by atoms with Crippen LogP contribution >= 0.6 is 11.3 Å². The normalized spacial score (nSPS) is 11.3. The fourth-order valence-corrected chi connectivity index (χ4v) is 3.09. The molecule has 0 radical (unpaired) electrons. The van der Waals surface area contributed by atoms with Crippen molar-refractivity contribution in [3.63, 3.8) is 0 Å². The van der Waals surface area contributed by atoms with Crippen LogP contribution in [0.5, 0.6) is 0 Å². The smallest absolute Gasteiger partial charge is 0.321 e. The van der Waals surface area contributed by atoms with Crippen molar-refractivity contribution in [2.45, 2.75) is 19.4 Å². The molecule has 24 heavy (non-hydrogen) atoms. The van der Waals surface area contributed by atoms with Crippen LogP contribution in [0.3, 0.4) is 0 Å². The van der Waals surface area contributed by atoms with E-state index in [2.05, 4.69) is 25.9 Å². The maximum atomic E-state index is 12.2. The SMILES string of the molecule is Cn1nccc1-c1ccc(NC(=O)NC(C)(C)c2cccs2)nn1. The van der Waals surface area contributed by atoms with Crippen molar-refractivity contribution in [1.29, 1.82) is 0 Å². The fraction of sp³-hybridized carbons (Fsp3) is 0.250. The van der Waals surface area contributed by atoms with Gasteiger partial charge in [-0.05, 0) is 43.5 Å². The lowest BCUT2D eigenvalue weighted by atomic mass is 10.0. The summed E-state index contributed by atoms with van der Waals surface area (Å²) in [6, 6.07) is 9.00. The molecule has 0 spiro atoms. The number of hydrogen-bond acceptors (Lipinski definition) is 5. The van der Waals surface area contributed by atoms with E-state index in [-0.39, 0.29) is 6.03 Å². The minimum Gasteiger partial charge on any atom is -0.328 e. The molecule has 3 heterocycles. The highest BCUT2D eigenvalue weighted by molar-refractivity contribution is 7.10. The quantitative estimate of drug-likeness (QED) is 0.763. The summed E-state index contributed by atoms with van der Waals surface area (Å²) in [6.45, 7) is 3.91. The van der Waals surface area contributed by atoms with E-state index >= 15 is 0 Å². The number of rotatable bonds is 4. The van der Waals surface area contributed by atoms with E-state index in [9.17, 15) is 4.79 Å². The summed E-state index contributed by atoms with van der Waals surface area (Å²) in [5, 5.41) is 19.9. The molecule has 0 aliphatic heterocycles. The predicted octanol–water partition coefficient (Wildman–Crippen LogP) is 3.00. The largest absolute Gasteiger partial charge is 0.328 e. The van der Waals surface area contributed by atoms with E-state index in [0.29, 0.717) is 11.5 Å². The number of nitrogens with one attached hydrogen (secondary N) is 2. The number of anilines is 1. The Morgan fingerprint density at radius 2 is 2.04 bits per heavy atom. The van der Waals surface area contributed by atoms with Gasteiger partial charge in [-0.25, -0.2) is 4.79 Å². The third kappa shape index (κ3) is 3.43. The van der Waals surface area contributed by atoms with Crippen molar-refractivity contribution >= 4 is 23.2 Å². The highest BCUT2D eigenvalue weighted by Gasteiger charge is 2.24. The second-order valence-corrected chi connectivity index (χ2v) is 6.77. The molecule has 0 aliphatic rings. The first kappa shape index (κ1) is 16.1. The van der Waals surface area contributed by atoms with Gasteiger partial charge in [0.25, 0.3) is 0 Å². The highest BCUT2D eigenvalue weighted by atomic mass is 32.1. The molecule has 3 rings (SSSR count). The van der Waals surface area contributed by atoms with Gasteiger partial charge in [0.2, 0.25) is 0 Å². The minimum atomic E-state index is -0.458. The molecule has 124 valence electrons. The second kappa shape index (κ2) is 6.40. The van der Waals surface area contributed by atoms with Crippen molar-refractivity contribution in [2.24, 2.45) is 7.05 Å². The first-order chi connectivity index (χ1) is 11.5. The molecule has 0 atom stereocenters. The van der Waals surface area contributed by atoms with Crippen LogP contribution in [0.2, 0.25) is 0 Å². The van der Waals surface area contributed by atoms with Crippen LogP contribution in [0.15, 0.2) is 41.9 Å². The van der Waals surface area contributed by atoms with Gasteiger partial charge >= 0.3 is 6.03 Å². The predicted molar refractivity (Wildman–Crippen MR) is 93.7 cm³/mol. The zero-order valence-electron chi connectivity index (χ0n) is 13.6. The van der Waals surface area contributed by atoms with Crippen molar-refractivity contribution in [3.05, 3.63) is 46.8 Å². The maximum Gasteiger partial charge on any atom is 0.321 e. The lowest BCUT2D eigenvalue weighted by Crippen LogP contribution is -2.43. The van der Waals surface area contributed by atoms with E-state index < -0.39 is 5.54 Å². The summed E-state index contributed by atoms with van der Waals surface area (Å²) in [4.78, 5) is 13.3. The van der Waals surface area contributed by atoms with Gasteiger partial charge in [-0.2, -0.15) is 5.10 Å². The lowest BCUT2D eigenvalue weighted by Gasteiger charge is -2.24. The molecular formula is C16H18N6OS. The van der Waals surface area contributed by atoms with Gasteiger partial charge in [0.05, 0.1) is 11.2 Å². The Hall–Kier alpha value is -2.74. The van der Waals surface area contributed by atoms with Gasteiger partial charge in [-0.1, -0.05) is 6.07 Å². The Labute approximate surface area is 143 Å². The second-order valence-electron chi connectivity index (χ2n) is 5.83. The Kier molecular flexibility index (Phi) is 4.30. The number of hydrogen-bond donors (Lipinski definition) is 2. The van der Waals surface area contributed by atoms with Crippen molar-refractivity contribution in [1.82, 2.24) is 25.3 Å². The number of aryl methyl sites for hydroxylation is 1. The van der Waals surface area contributed by atoms with Crippen molar-refractivity contribution in [2.75, 3.05) is 5.32 Å². The molecule has 2 N–H and O–H groups in total. The van der Waals surface area contributed by atoms with Crippen LogP contribution in [-0.2, 0) is 12.6 Å². The monoisotopic (exact) mass is 342 g/mol. The fourth-order valence-electron chi connectivity index (χ4n) is 2.29. The standard InChI is InChI=1S/C16H18N6OS/c1-16(2,13-5-4-10-24-13)19-15(23)18-14-7-6-11(20-21-14)12-8-9-17-22(12)3/h4-10H,1-3H3,(H2,18,19,21,23). The van der Waals surface area contributed by atoms with Crippen LogP contribution in [0.1, 0.15) is 18.7 Å². The molecule has 0 saturated carbocycles. The van der Waals surface area contributed by atoms with Gasteiger partial charge in [-0.3, -0.25) is 10.00 Å². The molecule has 0 saturated heterocycles. The number of nitrogens with zero attached hydrogens (tertiary/aromatic N) is 4. The number of aromatic nitrogens is 4. The molecule has 0 fully saturated rings. The third-order valence-electron chi connectivity index (χ3n) is 3.55. The summed E-state index contributed by atoms with van der Waals surface area (Å²) in [6.07, 6.45) is 1.70. The average Bonchev–Trinajstić information content (AvgIpc) is 3.19. The van der Waals surface area contributed by atoms with E-state index in [1.807, 2.05) is 44.5 Å². The van der Waals surface area contributed by atoms with Crippen LogP contribution < -0.4 is 10.6 Å². The molecule has 2 amide bonds. The summed E-state index contributed by atoms with van der Waals surface area (Å²) < 4.78 is 1.72. The molecule has 7 nitrogen and oxygen atoms in total. The molecule has 0 unspecified atom stereocenters. The van der Waals surface area contributed by atoms with Crippen molar-refractivity contribution in [3.8, 4) is 11.4 Å². The summed E-state index contributed by atoms with van der Waals surface area (Å²) in [5.41, 5.74) is 1.09. The first-order valence-electron chi connectivity index (χ1n) is 7.41. The average molecular weight is 342 g/mol. The molecule has 0 aliphatic carbocycles. The molecule has 3 aromatic heterocycles. The zero-order valence-corrected chi connectivity index (χ0v) is 14.5. The van der Waals surface area contributed by atoms with E-state index in [1.165, 1.54) is 0 Å². The van der Waals surface area contributed by atoms with Crippen LogP contribution in [0.4, 0.5) is 10.6 Å². The number of thiophene rings is 1. The molecule has 3 aromatic rings. The topological polar surface area (TPSA) is 84.7 Å². The third-order valence-corrected chi connectivity index (χ3v) is 4.75. The first-order valence-corrected chi connectivity index (χ1v) is 8.29. The van der Waals surface area contributed by atoms with E-state index in [1.54, 1.807) is 34.3 Å². The van der Waals surface area contributed by atoms with Gasteiger partial charge in [0.1, 0.15) is 5.69 Å². The molecule has 0 aromatic carbocycles. The van der Waals surface area contributed by atoms with Gasteiger partial charge < -0.3 is 5.32 Å². The number of carbonyl (C=O) groups is 1. The summed E-state index contributed by atoms with van der Waals surface area (Å²) >= 11 is 1.60. The van der Waals surface area contributed by atoms with Crippen LogP contribution in [0, 0.1) is 0 Å². The Morgan fingerprint density at radius 3 is 2.62 bits per heavy atom. The Balaban J connectivity index is 1.66. The minimum absolute atomic E-state index is 0.323. The highest BCUT2D eigenvalue weighted by Crippen LogP contribution is 2.24. The zero-order chi connectivity index (χ0) is 17.2. The molecule has 8 heteroatoms. The van der Waals surface area contributed by atoms with Gasteiger partial charge in [0.15, 0.2) is 5.82 Å². The number of amides is 2. The Bertz CT molecular complexity index is 823. The molecular weight excluding hydrogens is 324 g/mol. The van der Waals surface area contributed by atoms with E-state index in [4.69, 9.17) is 0 Å². The van der Waals surface area contributed by atoms with Gasteiger partial charge in [-0.15, -0.1) is 21.5 Å².